The summed E-state index contributed by atoms with van der Waals surface area (Å²) in [6.07, 6.45) is 9.57. The molecule has 1 fully saturated rings. The lowest BCUT2D eigenvalue weighted by Gasteiger charge is -2.30. The van der Waals surface area contributed by atoms with Gasteiger partial charge in [-0.15, -0.1) is 0 Å². The van der Waals surface area contributed by atoms with Crippen LogP contribution in [0.1, 0.15) is 25.0 Å². The standard InChI is InChI=1S/C18H21N5O2/c24-18(22-25)9-8-14-12-20-17(13-19-14)21-15-6-2-3-7-16(15)23-10-4-1-5-11-23/h2-3,6-9,12-13,25H,1,4-5,10-11H2,(H,20,21)(H,22,24)/b9-8+. The predicted octanol–water partition coefficient (Wildman–Crippen LogP) is 2.73. The number of nitrogens with zero attached hydrogens (tertiary/aromatic N) is 3. The summed E-state index contributed by atoms with van der Waals surface area (Å²) in [5.74, 6) is 0.0210. The van der Waals surface area contributed by atoms with Crippen molar-refractivity contribution in [3.05, 3.63) is 48.4 Å². The highest BCUT2D eigenvalue weighted by atomic mass is 16.5. The van der Waals surface area contributed by atoms with Crippen LogP contribution in [0.2, 0.25) is 0 Å². The first-order valence-corrected chi connectivity index (χ1v) is 8.31. The molecule has 0 aliphatic carbocycles. The second-order valence-electron chi connectivity index (χ2n) is 5.83. The number of carbonyl (C=O) groups is 1. The molecule has 2 heterocycles. The number of hydrogen-bond donors (Lipinski definition) is 3. The highest BCUT2D eigenvalue weighted by Gasteiger charge is 2.14. The third-order valence-electron chi connectivity index (χ3n) is 4.05. The van der Waals surface area contributed by atoms with Gasteiger partial charge >= 0.3 is 0 Å². The first-order valence-electron chi connectivity index (χ1n) is 8.31. The zero-order chi connectivity index (χ0) is 17.5. The Bertz CT molecular complexity index is 739. The van der Waals surface area contributed by atoms with Gasteiger partial charge < -0.3 is 10.2 Å². The fraction of sp³-hybridized carbons (Fsp3) is 0.278. The molecule has 1 amide bonds. The molecular formula is C18H21N5O2. The van der Waals surface area contributed by atoms with Crippen LogP contribution in [0.5, 0.6) is 0 Å². The van der Waals surface area contributed by atoms with E-state index in [2.05, 4.69) is 26.3 Å². The Morgan fingerprint density at radius 3 is 2.64 bits per heavy atom. The van der Waals surface area contributed by atoms with Gasteiger partial charge in [-0.05, 0) is 37.5 Å². The number of piperidine rings is 1. The van der Waals surface area contributed by atoms with Crippen molar-refractivity contribution >= 4 is 29.2 Å². The van der Waals surface area contributed by atoms with E-state index in [1.165, 1.54) is 42.6 Å². The van der Waals surface area contributed by atoms with Crippen molar-refractivity contribution in [1.82, 2.24) is 15.4 Å². The molecule has 3 N–H and O–H groups in total. The van der Waals surface area contributed by atoms with Crippen molar-refractivity contribution in [3.8, 4) is 0 Å². The first-order chi connectivity index (χ1) is 12.3. The summed E-state index contributed by atoms with van der Waals surface area (Å²) in [6.45, 7) is 2.14. The van der Waals surface area contributed by atoms with Gasteiger partial charge in [0.15, 0.2) is 0 Å². The largest absolute Gasteiger partial charge is 0.370 e. The van der Waals surface area contributed by atoms with Gasteiger partial charge in [0.25, 0.3) is 5.91 Å². The SMILES string of the molecule is O=C(/C=C/c1cnc(Nc2ccccc2N2CCCCC2)cn1)NO. The molecule has 0 unspecified atom stereocenters. The van der Waals surface area contributed by atoms with Gasteiger partial charge in [0.2, 0.25) is 0 Å². The Balaban J connectivity index is 1.72. The third-order valence-corrected chi connectivity index (χ3v) is 4.05. The number of carbonyl (C=O) groups excluding carboxylic acids is 1. The number of amides is 1. The summed E-state index contributed by atoms with van der Waals surface area (Å²) in [4.78, 5) is 21.9. The topological polar surface area (TPSA) is 90.4 Å². The van der Waals surface area contributed by atoms with Crippen LogP contribution in [0.25, 0.3) is 6.08 Å². The Kier molecular flexibility index (Phi) is 5.58. The van der Waals surface area contributed by atoms with Crippen LogP contribution in [-0.4, -0.2) is 34.2 Å². The molecule has 0 atom stereocenters. The van der Waals surface area contributed by atoms with Gasteiger partial charge in [-0.2, -0.15) is 0 Å². The van der Waals surface area contributed by atoms with Crippen LogP contribution >= 0.6 is 0 Å². The summed E-state index contributed by atoms with van der Waals surface area (Å²) in [5, 5.41) is 11.8. The Morgan fingerprint density at radius 1 is 1.12 bits per heavy atom. The van der Waals surface area contributed by atoms with Crippen molar-refractivity contribution < 1.29 is 10.0 Å². The Hall–Kier alpha value is -2.93. The number of hydrogen-bond acceptors (Lipinski definition) is 6. The minimum absolute atomic E-state index is 0.526. The molecule has 0 spiro atoms. The molecule has 0 radical (unpaired) electrons. The number of anilines is 3. The Labute approximate surface area is 146 Å². The average Bonchev–Trinajstić information content (AvgIpc) is 2.68. The number of benzene rings is 1. The maximum absolute atomic E-state index is 11.0. The normalized spacial score (nSPS) is 14.5. The lowest BCUT2D eigenvalue weighted by Crippen LogP contribution is -2.29. The van der Waals surface area contributed by atoms with Gasteiger partial charge in [-0.1, -0.05) is 12.1 Å². The van der Waals surface area contributed by atoms with Crippen LogP contribution in [0.15, 0.2) is 42.7 Å². The van der Waals surface area contributed by atoms with Crippen molar-refractivity contribution in [3.63, 3.8) is 0 Å². The molecule has 1 aliphatic heterocycles. The quantitative estimate of drug-likeness (QED) is 0.441. The average molecular weight is 339 g/mol. The molecule has 7 nitrogen and oxygen atoms in total. The second kappa shape index (κ2) is 8.25. The summed E-state index contributed by atoms with van der Waals surface area (Å²) in [7, 11) is 0. The molecular weight excluding hydrogens is 318 g/mol. The predicted molar refractivity (Wildman–Crippen MR) is 96.8 cm³/mol. The zero-order valence-corrected chi connectivity index (χ0v) is 13.9. The minimum Gasteiger partial charge on any atom is -0.370 e. The van der Waals surface area contributed by atoms with Crippen LogP contribution in [0.3, 0.4) is 0 Å². The molecule has 1 aromatic heterocycles. The molecule has 1 aliphatic rings. The van der Waals surface area contributed by atoms with Gasteiger partial charge in [0.1, 0.15) is 5.82 Å². The molecule has 25 heavy (non-hydrogen) atoms. The Morgan fingerprint density at radius 2 is 1.92 bits per heavy atom. The summed E-state index contributed by atoms with van der Waals surface area (Å²) >= 11 is 0. The second-order valence-corrected chi connectivity index (χ2v) is 5.83. The van der Waals surface area contributed by atoms with Crippen LogP contribution in [0.4, 0.5) is 17.2 Å². The number of para-hydroxylation sites is 2. The van der Waals surface area contributed by atoms with E-state index < -0.39 is 5.91 Å². The number of hydroxylamine groups is 1. The summed E-state index contributed by atoms with van der Waals surface area (Å²) in [5.41, 5.74) is 4.23. The van der Waals surface area contributed by atoms with Gasteiger partial charge in [0, 0.05) is 19.2 Å². The van der Waals surface area contributed by atoms with Gasteiger partial charge in [0.05, 0.1) is 29.5 Å². The monoisotopic (exact) mass is 339 g/mol. The smallest absolute Gasteiger partial charge is 0.267 e. The van der Waals surface area contributed by atoms with E-state index in [1.807, 2.05) is 18.2 Å². The molecule has 7 heteroatoms. The first kappa shape index (κ1) is 16.9. The molecule has 130 valence electrons. The molecule has 3 rings (SSSR count). The highest BCUT2D eigenvalue weighted by molar-refractivity contribution is 5.90. The van der Waals surface area contributed by atoms with E-state index in [4.69, 9.17) is 5.21 Å². The van der Waals surface area contributed by atoms with Crippen LogP contribution < -0.4 is 15.7 Å². The zero-order valence-electron chi connectivity index (χ0n) is 13.9. The highest BCUT2D eigenvalue weighted by Crippen LogP contribution is 2.29. The van der Waals surface area contributed by atoms with E-state index in [0.29, 0.717) is 11.5 Å². The van der Waals surface area contributed by atoms with Crippen molar-refractivity contribution in [2.24, 2.45) is 0 Å². The molecule has 1 aromatic carbocycles. The lowest BCUT2D eigenvalue weighted by molar-refractivity contribution is -0.124. The van der Waals surface area contributed by atoms with Crippen LogP contribution in [0, 0.1) is 0 Å². The van der Waals surface area contributed by atoms with E-state index in [1.54, 1.807) is 12.4 Å². The third kappa shape index (κ3) is 4.54. The molecule has 2 aromatic rings. The maximum Gasteiger partial charge on any atom is 0.267 e. The van der Waals surface area contributed by atoms with Crippen molar-refractivity contribution in [2.45, 2.75) is 19.3 Å². The molecule has 0 bridgehead atoms. The fourth-order valence-electron chi connectivity index (χ4n) is 2.81. The van der Waals surface area contributed by atoms with Gasteiger partial charge in [-0.25, -0.2) is 10.5 Å². The fourth-order valence-corrected chi connectivity index (χ4v) is 2.81. The molecule has 0 saturated carbocycles. The number of aromatic nitrogens is 2. The number of nitrogens with one attached hydrogen (secondary N) is 2. The van der Waals surface area contributed by atoms with Crippen molar-refractivity contribution in [1.29, 1.82) is 0 Å². The van der Waals surface area contributed by atoms with E-state index >= 15 is 0 Å². The number of rotatable bonds is 5. The minimum atomic E-state index is -0.612. The lowest BCUT2D eigenvalue weighted by atomic mass is 10.1. The maximum atomic E-state index is 11.0. The summed E-state index contributed by atoms with van der Waals surface area (Å²) < 4.78 is 0. The van der Waals surface area contributed by atoms with E-state index in [9.17, 15) is 4.79 Å². The van der Waals surface area contributed by atoms with Crippen LogP contribution in [-0.2, 0) is 4.79 Å². The van der Waals surface area contributed by atoms with Gasteiger partial charge in [-0.3, -0.25) is 15.0 Å². The van der Waals surface area contributed by atoms with Crippen molar-refractivity contribution in [2.75, 3.05) is 23.3 Å². The van der Waals surface area contributed by atoms with E-state index in [-0.39, 0.29) is 0 Å². The molecule has 1 saturated heterocycles. The summed E-state index contributed by atoms with van der Waals surface area (Å²) in [6, 6.07) is 8.19. The van der Waals surface area contributed by atoms with E-state index in [0.717, 1.165) is 18.8 Å².